The molecule has 0 aromatic carbocycles. The van der Waals surface area contributed by atoms with Gasteiger partial charge < -0.3 is 4.74 Å². The highest BCUT2D eigenvalue weighted by atomic mass is 16.6. The highest BCUT2D eigenvalue weighted by molar-refractivity contribution is 5.75. The van der Waals surface area contributed by atoms with E-state index in [-0.39, 0.29) is 5.92 Å². The third-order valence-corrected chi connectivity index (χ3v) is 1.62. The van der Waals surface area contributed by atoms with Crippen molar-refractivity contribution < 1.29 is 14.3 Å². The van der Waals surface area contributed by atoms with Gasteiger partial charge in [0.05, 0.1) is 5.92 Å². The Bertz CT molecular complexity index is 215. The van der Waals surface area contributed by atoms with Crippen molar-refractivity contribution >= 4 is 12.3 Å². The second kappa shape index (κ2) is 7.03. The van der Waals surface area contributed by atoms with E-state index in [0.29, 0.717) is 19.1 Å². The Morgan fingerprint density at radius 2 is 1.86 bits per heavy atom. The second-order valence-electron chi connectivity index (χ2n) is 2.78. The van der Waals surface area contributed by atoms with Crippen LogP contribution in [0, 0.1) is 5.92 Å². The molecular formula is C10H15NO3. The Labute approximate surface area is 83.4 Å². The summed E-state index contributed by atoms with van der Waals surface area (Å²) in [6, 6.07) is 0. The van der Waals surface area contributed by atoms with Gasteiger partial charge in [-0.15, -0.1) is 13.2 Å². The summed E-state index contributed by atoms with van der Waals surface area (Å²) in [6.07, 6.45) is 3.38. The fourth-order valence-corrected chi connectivity index (χ4v) is 0.949. The van der Waals surface area contributed by atoms with E-state index >= 15 is 0 Å². The van der Waals surface area contributed by atoms with Gasteiger partial charge in [0.25, 0.3) is 0 Å². The monoisotopic (exact) mass is 197 g/mol. The Morgan fingerprint density at radius 3 is 2.21 bits per heavy atom. The van der Waals surface area contributed by atoms with Crippen molar-refractivity contribution in [2.75, 3.05) is 0 Å². The molecular weight excluding hydrogens is 182 g/mol. The number of ether oxygens (including phenoxy) is 1. The zero-order valence-corrected chi connectivity index (χ0v) is 8.02. The van der Waals surface area contributed by atoms with Gasteiger partial charge in [0, 0.05) is 0 Å². The third-order valence-electron chi connectivity index (χ3n) is 1.62. The van der Waals surface area contributed by atoms with Crippen molar-refractivity contribution in [2.24, 2.45) is 11.7 Å². The fraction of sp³-hybridized carbons (Fsp3) is 0.400. The van der Waals surface area contributed by atoms with Gasteiger partial charge in [-0.05, 0) is 12.8 Å². The number of nitrogens with two attached hydrogens (primary N) is 1. The van der Waals surface area contributed by atoms with Crippen LogP contribution in [0.1, 0.15) is 12.8 Å². The molecule has 0 aliphatic carbocycles. The summed E-state index contributed by atoms with van der Waals surface area (Å²) in [5, 5.41) is 0. The van der Waals surface area contributed by atoms with Gasteiger partial charge >= 0.3 is 5.97 Å². The first-order valence-electron chi connectivity index (χ1n) is 4.28. The molecule has 0 aromatic rings. The minimum atomic E-state index is -1.18. The zero-order chi connectivity index (χ0) is 11.0. The van der Waals surface area contributed by atoms with Crippen molar-refractivity contribution in [1.29, 1.82) is 0 Å². The van der Waals surface area contributed by atoms with Crippen molar-refractivity contribution in [3.63, 3.8) is 0 Å². The molecule has 0 rings (SSSR count). The minimum Gasteiger partial charge on any atom is -0.439 e. The summed E-state index contributed by atoms with van der Waals surface area (Å²) in [4.78, 5) is 21.5. The Kier molecular flexibility index (Phi) is 6.32. The molecule has 2 N–H and O–H groups in total. The van der Waals surface area contributed by atoms with Crippen LogP contribution in [0.25, 0.3) is 0 Å². The molecule has 4 nitrogen and oxygen atoms in total. The molecule has 0 spiro atoms. The van der Waals surface area contributed by atoms with E-state index in [1.54, 1.807) is 12.2 Å². The highest BCUT2D eigenvalue weighted by Gasteiger charge is 2.19. The largest absolute Gasteiger partial charge is 0.439 e. The van der Waals surface area contributed by atoms with Gasteiger partial charge in [-0.2, -0.15) is 0 Å². The van der Waals surface area contributed by atoms with Crippen LogP contribution >= 0.6 is 0 Å². The van der Waals surface area contributed by atoms with E-state index in [1.807, 2.05) is 0 Å². The lowest BCUT2D eigenvalue weighted by atomic mass is 10.0. The number of aldehydes is 1. The highest BCUT2D eigenvalue weighted by Crippen LogP contribution is 2.12. The third kappa shape index (κ3) is 4.57. The standard InChI is InChI=1S/C10H15NO3/c1-3-5-8(6-4-2)10(13)14-9(11)7-12/h3-4,7-9H,1-2,5-6,11H2. The minimum absolute atomic E-state index is 0.351. The Balaban J connectivity index is 4.19. The molecule has 0 saturated carbocycles. The number of allylic oxidation sites excluding steroid dienone is 2. The van der Waals surface area contributed by atoms with Crippen molar-refractivity contribution in [2.45, 2.75) is 19.1 Å². The number of hydrogen-bond acceptors (Lipinski definition) is 4. The quantitative estimate of drug-likeness (QED) is 0.283. The van der Waals surface area contributed by atoms with Gasteiger partial charge in [-0.1, -0.05) is 12.2 Å². The molecule has 0 aliphatic rings. The normalized spacial score (nSPS) is 11.9. The lowest BCUT2D eigenvalue weighted by Gasteiger charge is -2.13. The van der Waals surface area contributed by atoms with Crippen LogP contribution in [-0.4, -0.2) is 18.5 Å². The maximum Gasteiger partial charge on any atom is 0.311 e. The van der Waals surface area contributed by atoms with Crippen LogP contribution in [0.4, 0.5) is 0 Å². The summed E-state index contributed by atoms with van der Waals surface area (Å²) in [7, 11) is 0. The first-order chi connectivity index (χ1) is 6.65. The molecule has 1 unspecified atom stereocenters. The molecule has 4 heteroatoms. The van der Waals surface area contributed by atoms with Crippen LogP contribution < -0.4 is 5.73 Å². The first-order valence-corrected chi connectivity index (χ1v) is 4.28. The topological polar surface area (TPSA) is 69.4 Å². The second-order valence-corrected chi connectivity index (χ2v) is 2.78. The first kappa shape index (κ1) is 12.6. The van der Waals surface area contributed by atoms with E-state index in [2.05, 4.69) is 17.9 Å². The molecule has 0 bridgehead atoms. The summed E-state index contributed by atoms with van der Waals surface area (Å²) in [5.41, 5.74) is 5.14. The molecule has 0 aliphatic heterocycles. The predicted molar refractivity (Wildman–Crippen MR) is 53.2 cm³/mol. The van der Waals surface area contributed by atoms with Crippen LogP contribution in [0.2, 0.25) is 0 Å². The van der Waals surface area contributed by atoms with E-state index in [9.17, 15) is 9.59 Å². The lowest BCUT2D eigenvalue weighted by molar-refractivity contribution is -0.155. The molecule has 0 heterocycles. The van der Waals surface area contributed by atoms with E-state index in [4.69, 9.17) is 5.73 Å². The van der Waals surface area contributed by atoms with Crippen LogP contribution in [-0.2, 0) is 14.3 Å². The Hall–Kier alpha value is -1.42. The number of hydrogen-bond donors (Lipinski definition) is 1. The van der Waals surface area contributed by atoms with Crippen molar-refractivity contribution in [1.82, 2.24) is 0 Å². The number of rotatable bonds is 7. The van der Waals surface area contributed by atoms with Gasteiger partial charge in [0.2, 0.25) is 6.23 Å². The van der Waals surface area contributed by atoms with Gasteiger partial charge in [0.1, 0.15) is 0 Å². The molecule has 0 aromatic heterocycles. The summed E-state index contributed by atoms with van der Waals surface area (Å²) in [6.45, 7) is 7.04. The van der Waals surface area contributed by atoms with Gasteiger partial charge in [-0.3, -0.25) is 15.3 Å². The molecule has 14 heavy (non-hydrogen) atoms. The zero-order valence-electron chi connectivity index (χ0n) is 8.02. The molecule has 0 radical (unpaired) electrons. The summed E-state index contributed by atoms with van der Waals surface area (Å²) < 4.78 is 4.64. The lowest BCUT2D eigenvalue weighted by Crippen LogP contribution is -2.31. The predicted octanol–water partition coefficient (Wildman–Crippen LogP) is 0.782. The summed E-state index contributed by atoms with van der Waals surface area (Å²) >= 11 is 0. The number of carbonyl (C=O) groups is 2. The molecule has 1 atom stereocenters. The van der Waals surface area contributed by atoms with E-state index in [1.165, 1.54) is 0 Å². The molecule has 0 amide bonds. The maximum absolute atomic E-state index is 11.3. The average molecular weight is 197 g/mol. The average Bonchev–Trinajstić information content (AvgIpc) is 2.17. The number of carbonyl (C=O) groups excluding carboxylic acids is 2. The van der Waals surface area contributed by atoms with Crippen LogP contribution in [0.15, 0.2) is 25.3 Å². The maximum atomic E-state index is 11.3. The summed E-state index contributed by atoms with van der Waals surface area (Å²) in [5.74, 6) is -0.847. The van der Waals surface area contributed by atoms with E-state index < -0.39 is 12.2 Å². The molecule has 0 fully saturated rings. The molecule has 0 saturated heterocycles. The van der Waals surface area contributed by atoms with Crippen LogP contribution in [0.5, 0.6) is 0 Å². The Morgan fingerprint density at radius 1 is 1.36 bits per heavy atom. The van der Waals surface area contributed by atoms with Crippen LogP contribution in [0.3, 0.4) is 0 Å². The van der Waals surface area contributed by atoms with Crippen molar-refractivity contribution in [3.05, 3.63) is 25.3 Å². The van der Waals surface area contributed by atoms with E-state index in [0.717, 1.165) is 0 Å². The number of esters is 1. The van der Waals surface area contributed by atoms with Crippen molar-refractivity contribution in [3.8, 4) is 0 Å². The smallest absolute Gasteiger partial charge is 0.311 e. The molecule has 78 valence electrons. The van der Waals surface area contributed by atoms with Gasteiger partial charge in [-0.25, -0.2) is 0 Å². The SMILES string of the molecule is C=CCC(CC=C)C(=O)OC(N)C=O. The fourth-order valence-electron chi connectivity index (χ4n) is 0.949. The van der Waals surface area contributed by atoms with Gasteiger partial charge in [0.15, 0.2) is 6.29 Å².